The summed E-state index contributed by atoms with van der Waals surface area (Å²) in [6.07, 6.45) is 1.14. The summed E-state index contributed by atoms with van der Waals surface area (Å²) in [5.74, 6) is 0. The van der Waals surface area contributed by atoms with Crippen LogP contribution < -0.4 is 4.90 Å². The largest absolute Gasteiger partial charge is 0.431 e. The fraction of sp³-hybridized carbons (Fsp3) is 0.312. The zero-order chi connectivity index (χ0) is 16.8. The van der Waals surface area contributed by atoms with Crippen LogP contribution in [0.5, 0.6) is 0 Å². The van der Waals surface area contributed by atoms with E-state index in [2.05, 4.69) is 10.2 Å². The molecule has 1 aliphatic rings. The predicted octanol–water partition coefficient (Wildman–Crippen LogP) is 3.61. The molecule has 7 heteroatoms. The Hall–Kier alpha value is -2.28. The van der Waals surface area contributed by atoms with E-state index in [1.165, 1.54) is 11.0 Å². The first-order valence-corrected chi connectivity index (χ1v) is 7.09. The van der Waals surface area contributed by atoms with Crippen LogP contribution in [0.25, 0.3) is 10.9 Å². The van der Waals surface area contributed by atoms with E-state index < -0.39 is 17.5 Å². The molecule has 1 aliphatic heterocycles. The Balaban J connectivity index is 2.22. The van der Waals surface area contributed by atoms with E-state index in [1.54, 1.807) is 38.3 Å². The molecule has 4 nitrogen and oxygen atoms in total. The number of aromatic nitrogens is 2. The first kappa shape index (κ1) is 15.6. The SMILES string of the molecule is CC(C)(O)c1cc2[nH]ncc2cc1N1CC=CC=C1C(F)(F)F. The number of aromatic amines is 1. The molecule has 0 radical (unpaired) electrons. The average molecular weight is 323 g/mol. The third kappa shape index (κ3) is 2.84. The van der Waals surface area contributed by atoms with E-state index in [9.17, 15) is 18.3 Å². The summed E-state index contributed by atoms with van der Waals surface area (Å²) < 4.78 is 40.0. The van der Waals surface area contributed by atoms with Gasteiger partial charge in [0.15, 0.2) is 0 Å². The van der Waals surface area contributed by atoms with Crippen molar-refractivity contribution in [2.75, 3.05) is 11.4 Å². The highest BCUT2D eigenvalue weighted by Crippen LogP contribution is 2.40. The van der Waals surface area contributed by atoms with E-state index in [0.717, 1.165) is 6.08 Å². The lowest BCUT2D eigenvalue weighted by Crippen LogP contribution is -2.35. The van der Waals surface area contributed by atoms with Crippen molar-refractivity contribution in [3.63, 3.8) is 0 Å². The predicted molar refractivity (Wildman–Crippen MR) is 82.0 cm³/mol. The Morgan fingerprint density at radius 1 is 1.26 bits per heavy atom. The van der Waals surface area contributed by atoms with E-state index >= 15 is 0 Å². The molecule has 0 atom stereocenters. The molecule has 0 aliphatic carbocycles. The highest BCUT2D eigenvalue weighted by atomic mass is 19.4. The Morgan fingerprint density at radius 2 is 2.00 bits per heavy atom. The number of hydrogen-bond acceptors (Lipinski definition) is 3. The number of benzene rings is 1. The van der Waals surface area contributed by atoms with Crippen LogP contribution in [0, 0.1) is 0 Å². The Kier molecular flexibility index (Phi) is 3.48. The summed E-state index contributed by atoms with van der Waals surface area (Å²) in [7, 11) is 0. The molecule has 1 aromatic carbocycles. The second kappa shape index (κ2) is 5.13. The number of hydrogen-bond donors (Lipinski definition) is 2. The second-order valence-corrected chi connectivity index (χ2v) is 5.97. The zero-order valence-corrected chi connectivity index (χ0v) is 12.6. The number of nitrogens with one attached hydrogen (secondary N) is 1. The molecule has 23 heavy (non-hydrogen) atoms. The summed E-state index contributed by atoms with van der Waals surface area (Å²) in [6, 6.07) is 3.26. The molecule has 0 saturated carbocycles. The maximum absolute atomic E-state index is 13.3. The van der Waals surface area contributed by atoms with Gasteiger partial charge in [-0.2, -0.15) is 18.3 Å². The minimum atomic E-state index is -4.48. The van der Waals surface area contributed by atoms with Crippen molar-refractivity contribution >= 4 is 16.6 Å². The topological polar surface area (TPSA) is 52.1 Å². The number of H-pyrrole nitrogens is 1. The van der Waals surface area contributed by atoms with Crippen molar-refractivity contribution in [3.8, 4) is 0 Å². The number of fused-ring (bicyclic) bond motifs is 1. The van der Waals surface area contributed by atoms with E-state index in [1.807, 2.05) is 0 Å². The van der Waals surface area contributed by atoms with Crippen molar-refractivity contribution in [2.45, 2.75) is 25.6 Å². The van der Waals surface area contributed by atoms with Crippen LogP contribution >= 0.6 is 0 Å². The summed E-state index contributed by atoms with van der Waals surface area (Å²) in [6.45, 7) is 3.17. The van der Waals surface area contributed by atoms with E-state index in [4.69, 9.17) is 0 Å². The van der Waals surface area contributed by atoms with E-state index in [0.29, 0.717) is 22.2 Å². The van der Waals surface area contributed by atoms with Gasteiger partial charge in [-0.3, -0.25) is 5.10 Å². The van der Waals surface area contributed by atoms with Crippen molar-refractivity contribution in [1.82, 2.24) is 10.2 Å². The summed E-state index contributed by atoms with van der Waals surface area (Å²) in [5.41, 5.74) is -0.671. The highest BCUT2D eigenvalue weighted by Gasteiger charge is 2.39. The lowest BCUT2D eigenvalue weighted by molar-refractivity contribution is -0.0934. The van der Waals surface area contributed by atoms with Gasteiger partial charge < -0.3 is 10.0 Å². The number of nitrogens with zero attached hydrogens (tertiary/aromatic N) is 2. The average Bonchev–Trinajstić information content (AvgIpc) is 2.91. The fourth-order valence-corrected chi connectivity index (χ4v) is 2.68. The van der Waals surface area contributed by atoms with Gasteiger partial charge in [0, 0.05) is 23.2 Å². The van der Waals surface area contributed by atoms with Gasteiger partial charge in [0.2, 0.25) is 0 Å². The normalized spacial score (nSPS) is 16.1. The van der Waals surface area contributed by atoms with Crippen molar-refractivity contribution < 1.29 is 18.3 Å². The maximum Gasteiger partial charge on any atom is 0.431 e. The molecule has 2 heterocycles. The fourth-order valence-electron chi connectivity index (χ4n) is 2.68. The third-order valence-electron chi connectivity index (χ3n) is 3.77. The molecule has 0 saturated heterocycles. The van der Waals surface area contributed by atoms with Crippen molar-refractivity contribution in [3.05, 3.63) is 47.8 Å². The first-order chi connectivity index (χ1) is 10.7. The maximum atomic E-state index is 13.3. The molecule has 2 aromatic rings. The lowest BCUT2D eigenvalue weighted by atomic mass is 9.94. The number of anilines is 1. The van der Waals surface area contributed by atoms with Gasteiger partial charge in [-0.05, 0) is 32.1 Å². The molecular formula is C16H16F3N3O. The minimum absolute atomic E-state index is 0.0811. The summed E-state index contributed by atoms with van der Waals surface area (Å²) in [5, 5.41) is 17.8. The lowest BCUT2D eigenvalue weighted by Gasteiger charge is -2.33. The summed E-state index contributed by atoms with van der Waals surface area (Å²) >= 11 is 0. The van der Waals surface area contributed by atoms with Gasteiger partial charge in [0.1, 0.15) is 5.70 Å². The summed E-state index contributed by atoms with van der Waals surface area (Å²) in [4.78, 5) is 1.17. The molecular weight excluding hydrogens is 307 g/mol. The smallest absolute Gasteiger partial charge is 0.386 e. The van der Waals surface area contributed by atoms with Crippen LogP contribution in [-0.2, 0) is 5.60 Å². The van der Waals surface area contributed by atoms with Gasteiger partial charge in [-0.1, -0.05) is 12.2 Å². The van der Waals surface area contributed by atoms with Crippen LogP contribution in [0.3, 0.4) is 0 Å². The molecule has 0 bridgehead atoms. The van der Waals surface area contributed by atoms with Crippen molar-refractivity contribution in [2.24, 2.45) is 0 Å². The molecule has 122 valence electrons. The second-order valence-electron chi connectivity index (χ2n) is 5.97. The molecule has 2 N–H and O–H groups in total. The van der Waals surface area contributed by atoms with Gasteiger partial charge in [0.25, 0.3) is 0 Å². The van der Waals surface area contributed by atoms with Gasteiger partial charge in [-0.15, -0.1) is 0 Å². The number of halogens is 3. The van der Waals surface area contributed by atoms with Crippen LogP contribution in [0.15, 0.2) is 42.3 Å². The first-order valence-electron chi connectivity index (χ1n) is 7.09. The molecule has 0 spiro atoms. The Morgan fingerprint density at radius 3 is 2.65 bits per heavy atom. The number of allylic oxidation sites excluding steroid dienone is 3. The van der Waals surface area contributed by atoms with Gasteiger partial charge >= 0.3 is 6.18 Å². The Labute approximate surface area is 130 Å². The van der Waals surface area contributed by atoms with Crippen LogP contribution in [-0.4, -0.2) is 28.0 Å². The minimum Gasteiger partial charge on any atom is -0.386 e. The number of rotatable bonds is 2. The monoisotopic (exact) mass is 323 g/mol. The number of aliphatic hydroxyl groups is 1. The Bertz CT molecular complexity index is 797. The molecule has 0 amide bonds. The third-order valence-corrected chi connectivity index (χ3v) is 3.77. The molecule has 3 rings (SSSR count). The van der Waals surface area contributed by atoms with Gasteiger partial charge in [-0.25, -0.2) is 0 Å². The van der Waals surface area contributed by atoms with Crippen LogP contribution in [0.2, 0.25) is 0 Å². The number of alkyl halides is 3. The van der Waals surface area contributed by atoms with Crippen LogP contribution in [0.4, 0.5) is 18.9 Å². The van der Waals surface area contributed by atoms with Crippen molar-refractivity contribution in [1.29, 1.82) is 0 Å². The quantitative estimate of drug-likeness (QED) is 0.887. The standard InChI is InChI=1S/C16H16F3N3O/c1-15(2,23)11-8-12-10(9-20-21-12)7-13(11)22-6-4-3-5-14(22)16(17,18)19/h3-5,7-9,23H,6H2,1-2H3,(H,20,21). The molecule has 1 aromatic heterocycles. The zero-order valence-electron chi connectivity index (χ0n) is 12.6. The highest BCUT2D eigenvalue weighted by molar-refractivity contribution is 5.85. The molecule has 0 fully saturated rings. The van der Waals surface area contributed by atoms with Crippen LogP contribution in [0.1, 0.15) is 19.4 Å². The van der Waals surface area contributed by atoms with E-state index in [-0.39, 0.29) is 6.54 Å². The molecule has 0 unspecified atom stereocenters. The van der Waals surface area contributed by atoms with Gasteiger partial charge in [0.05, 0.1) is 17.3 Å².